The van der Waals surface area contributed by atoms with Gasteiger partial charge in [0, 0.05) is 55.4 Å². The number of halogens is 2. The van der Waals surface area contributed by atoms with E-state index in [9.17, 15) is 4.79 Å². The minimum atomic E-state index is 0.0348. The molecule has 4 rings (SSSR count). The van der Waals surface area contributed by atoms with Gasteiger partial charge < -0.3 is 15.6 Å². The molecule has 1 aromatic heterocycles. The predicted octanol–water partition coefficient (Wildman–Crippen LogP) is 5.59. The Balaban J connectivity index is 1.34. The Morgan fingerprint density at radius 2 is 1.89 bits per heavy atom. The molecular formula is C21H19Br2N3OS. The normalized spacial score (nSPS) is 13.1. The minimum absolute atomic E-state index is 0.0348. The van der Waals surface area contributed by atoms with Crippen LogP contribution in [0.1, 0.15) is 12.0 Å². The maximum absolute atomic E-state index is 12.2. The zero-order valence-electron chi connectivity index (χ0n) is 15.0. The molecule has 0 saturated heterocycles. The molecule has 0 saturated carbocycles. The van der Waals surface area contributed by atoms with E-state index in [2.05, 4.69) is 65.7 Å². The summed E-state index contributed by atoms with van der Waals surface area (Å²) in [5.41, 5.74) is 3.29. The number of rotatable bonds is 6. The first-order chi connectivity index (χ1) is 13.6. The fourth-order valence-electron chi connectivity index (χ4n) is 3.22. The molecule has 28 heavy (non-hydrogen) atoms. The number of benzene rings is 2. The van der Waals surface area contributed by atoms with E-state index in [1.807, 2.05) is 36.0 Å². The number of para-hydroxylation sites is 1. The van der Waals surface area contributed by atoms with Crippen LogP contribution in [0, 0.1) is 0 Å². The lowest BCUT2D eigenvalue weighted by atomic mass is 10.1. The smallest absolute Gasteiger partial charge is 0.191 e. The monoisotopic (exact) mass is 519 g/mol. The third-order valence-corrected chi connectivity index (χ3v) is 6.94. The third kappa shape index (κ3) is 4.31. The van der Waals surface area contributed by atoms with Gasteiger partial charge in [0.2, 0.25) is 0 Å². The summed E-state index contributed by atoms with van der Waals surface area (Å²) in [6, 6.07) is 13.4. The Labute approximate surface area is 184 Å². The number of anilines is 1. The van der Waals surface area contributed by atoms with E-state index in [0.717, 1.165) is 45.5 Å². The highest BCUT2D eigenvalue weighted by Gasteiger charge is 2.16. The van der Waals surface area contributed by atoms with Gasteiger partial charge in [-0.05, 0) is 46.6 Å². The van der Waals surface area contributed by atoms with Crippen molar-refractivity contribution < 1.29 is 0 Å². The standard InChI is InChI=1S/C21H19Br2N3OS/c22-13-10-15-17(6-9-28-21(15)16(23)11-13)24-7-3-8-25-20-12-19(27)14-4-1-2-5-18(14)26-20/h1-2,4-6,10-12,24H,3,7-9H2,(H2,25,26,27). The van der Waals surface area contributed by atoms with Crippen molar-refractivity contribution in [2.75, 3.05) is 24.2 Å². The molecular weight excluding hydrogens is 502 g/mol. The summed E-state index contributed by atoms with van der Waals surface area (Å²) < 4.78 is 2.19. The summed E-state index contributed by atoms with van der Waals surface area (Å²) in [4.78, 5) is 16.7. The molecule has 0 atom stereocenters. The number of aromatic amines is 1. The zero-order valence-corrected chi connectivity index (χ0v) is 19.0. The second kappa shape index (κ2) is 8.76. The summed E-state index contributed by atoms with van der Waals surface area (Å²) >= 11 is 9.08. The molecule has 0 amide bonds. The lowest BCUT2D eigenvalue weighted by Crippen LogP contribution is -2.19. The summed E-state index contributed by atoms with van der Waals surface area (Å²) in [5.74, 6) is 1.72. The molecule has 1 aliphatic heterocycles. The van der Waals surface area contributed by atoms with Gasteiger partial charge >= 0.3 is 0 Å². The number of hydrogen-bond acceptors (Lipinski definition) is 4. The molecule has 2 aromatic carbocycles. The van der Waals surface area contributed by atoms with E-state index >= 15 is 0 Å². The topological polar surface area (TPSA) is 56.9 Å². The second-order valence-corrected chi connectivity index (χ2v) is 9.29. The lowest BCUT2D eigenvalue weighted by Gasteiger charge is -2.20. The Hall–Kier alpha value is -1.70. The Morgan fingerprint density at radius 3 is 2.79 bits per heavy atom. The van der Waals surface area contributed by atoms with Crippen LogP contribution in [0.4, 0.5) is 5.82 Å². The average Bonchev–Trinajstić information content (AvgIpc) is 2.68. The molecule has 0 radical (unpaired) electrons. The van der Waals surface area contributed by atoms with Crippen LogP contribution in [-0.2, 0) is 0 Å². The van der Waals surface area contributed by atoms with Crippen LogP contribution in [0.2, 0.25) is 0 Å². The van der Waals surface area contributed by atoms with E-state index < -0.39 is 0 Å². The Kier molecular flexibility index (Phi) is 6.13. The number of fused-ring (bicyclic) bond motifs is 2. The lowest BCUT2D eigenvalue weighted by molar-refractivity contribution is 0.786. The van der Waals surface area contributed by atoms with E-state index in [1.54, 1.807) is 6.07 Å². The van der Waals surface area contributed by atoms with Crippen LogP contribution in [0.3, 0.4) is 0 Å². The van der Waals surface area contributed by atoms with Crippen molar-refractivity contribution >= 4 is 66.0 Å². The molecule has 0 spiro atoms. The van der Waals surface area contributed by atoms with Crippen molar-refractivity contribution in [2.24, 2.45) is 0 Å². The van der Waals surface area contributed by atoms with Crippen LogP contribution in [0.5, 0.6) is 0 Å². The molecule has 3 N–H and O–H groups in total. The Bertz CT molecular complexity index is 1110. The van der Waals surface area contributed by atoms with E-state index in [-0.39, 0.29) is 5.43 Å². The number of hydrogen-bond donors (Lipinski definition) is 3. The highest BCUT2D eigenvalue weighted by Crippen LogP contribution is 2.39. The molecule has 3 aromatic rings. The summed E-state index contributed by atoms with van der Waals surface area (Å²) in [6.45, 7) is 1.63. The van der Waals surface area contributed by atoms with E-state index in [0.29, 0.717) is 5.39 Å². The molecule has 0 aliphatic carbocycles. The number of pyridine rings is 1. The largest absolute Gasteiger partial charge is 0.385 e. The average molecular weight is 521 g/mol. The molecule has 0 unspecified atom stereocenters. The molecule has 7 heteroatoms. The summed E-state index contributed by atoms with van der Waals surface area (Å²) in [5, 5.41) is 7.59. The summed E-state index contributed by atoms with van der Waals surface area (Å²) in [6.07, 6.45) is 3.17. The van der Waals surface area contributed by atoms with Crippen LogP contribution in [0.15, 0.2) is 67.2 Å². The second-order valence-electron chi connectivity index (χ2n) is 6.49. The van der Waals surface area contributed by atoms with Gasteiger partial charge in [0.25, 0.3) is 0 Å². The number of thioether (sulfide) groups is 1. The van der Waals surface area contributed by atoms with E-state index in [1.165, 1.54) is 16.2 Å². The maximum Gasteiger partial charge on any atom is 0.191 e. The highest BCUT2D eigenvalue weighted by atomic mass is 79.9. The number of aromatic nitrogens is 1. The van der Waals surface area contributed by atoms with Crippen molar-refractivity contribution in [1.29, 1.82) is 0 Å². The van der Waals surface area contributed by atoms with Gasteiger partial charge in [0.15, 0.2) is 5.43 Å². The minimum Gasteiger partial charge on any atom is -0.385 e. The first kappa shape index (κ1) is 19.6. The van der Waals surface area contributed by atoms with Gasteiger partial charge in [0.1, 0.15) is 5.82 Å². The zero-order chi connectivity index (χ0) is 19.5. The fourth-order valence-corrected chi connectivity index (χ4v) is 5.73. The van der Waals surface area contributed by atoms with Crippen LogP contribution in [-0.4, -0.2) is 23.8 Å². The fraction of sp³-hybridized carbons (Fsp3) is 0.190. The van der Waals surface area contributed by atoms with Gasteiger partial charge in [-0.25, -0.2) is 0 Å². The van der Waals surface area contributed by atoms with Gasteiger partial charge in [-0.1, -0.05) is 34.1 Å². The predicted molar refractivity (Wildman–Crippen MR) is 126 cm³/mol. The first-order valence-electron chi connectivity index (χ1n) is 9.04. The van der Waals surface area contributed by atoms with Crippen molar-refractivity contribution in [3.63, 3.8) is 0 Å². The first-order valence-corrected chi connectivity index (χ1v) is 11.6. The Morgan fingerprint density at radius 1 is 1.07 bits per heavy atom. The van der Waals surface area contributed by atoms with Gasteiger partial charge in [0.05, 0.1) is 5.52 Å². The molecule has 4 nitrogen and oxygen atoms in total. The van der Waals surface area contributed by atoms with Crippen LogP contribution >= 0.6 is 43.6 Å². The van der Waals surface area contributed by atoms with Crippen LogP contribution in [0.25, 0.3) is 16.6 Å². The van der Waals surface area contributed by atoms with Gasteiger partial charge in [-0.2, -0.15) is 0 Å². The quantitative estimate of drug-likeness (QED) is 0.371. The SMILES string of the molecule is O=c1cc(NCCCNC2=CCSc3c(Br)cc(Br)cc32)[nH]c2ccccc12. The van der Waals surface area contributed by atoms with Gasteiger partial charge in [-0.15, -0.1) is 11.8 Å². The van der Waals surface area contributed by atoms with Crippen molar-refractivity contribution in [3.05, 3.63) is 73.3 Å². The number of H-pyrrole nitrogens is 1. The van der Waals surface area contributed by atoms with Crippen molar-refractivity contribution in [3.8, 4) is 0 Å². The van der Waals surface area contributed by atoms with Crippen molar-refractivity contribution in [2.45, 2.75) is 11.3 Å². The third-order valence-electron chi connectivity index (χ3n) is 4.54. The molecule has 0 fully saturated rings. The molecule has 0 bridgehead atoms. The molecule has 2 heterocycles. The molecule has 1 aliphatic rings. The highest BCUT2D eigenvalue weighted by molar-refractivity contribution is 9.11. The van der Waals surface area contributed by atoms with Crippen LogP contribution < -0.4 is 16.1 Å². The summed E-state index contributed by atoms with van der Waals surface area (Å²) in [7, 11) is 0. The maximum atomic E-state index is 12.2. The molecule has 144 valence electrons. The van der Waals surface area contributed by atoms with Crippen molar-refractivity contribution in [1.82, 2.24) is 10.3 Å². The van der Waals surface area contributed by atoms with E-state index in [4.69, 9.17) is 0 Å². The van der Waals surface area contributed by atoms with Gasteiger partial charge in [-0.3, -0.25) is 4.79 Å². The number of nitrogens with one attached hydrogen (secondary N) is 3.